The predicted molar refractivity (Wildman–Crippen MR) is 103 cm³/mol. The van der Waals surface area contributed by atoms with E-state index in [9.17, 15) is 0 Å². The van der Waals surface area contributed by atoms with E-state index in [1.807, 2.05) is 31.3 Å². The van der Waals surface area contributed by atoms with Gasteiger partial charge in [0.05, 0.1) is 11.4 Å². The average molecular weight is 342 g/mol. The van der Waals surface area contributed by atoms with E-state index in [0.29, 0.717) is 6.04 Å². The van der Waals surface area contributed by atoms with Gasteiger partial charge in [-0.2, -0.15) is 10.2 Å². The van der Waals surface area contributed by atoms with Crippen molar-refractivity contribution in [3.05, 3.63) is 58.7 Å². The van der Waals surface area contributed by atoms with Crippen molar-refractivity contribution in [2.75, 3.05) is 7.05 Å². The summed E-state index contributed by atoms with van der Waals surface area (Å²) in [6, 6.07) is 8.12. The van der Waals surface area contributed by atoms with Crippen molar-refractivity contribution in [1.29, 1.82) is 0 Å². The molecule has 1 heterocycles. The molecule has 1 aromatic carbocycles. The van der Waals surface area contributed by atoms with Gasteiger partial charge in [-0.3, -0.25) is 0 Å². The number of nitrogens with zero attached hydrogens (tertiary/aromatic N) is 2. The smallest absolute Gasteiger partial charge is 0.0760 e. The first-order valence-corrected chi connectivity index (χ1v) is 9.06. The molecule has 2 aliphatic rings. The highest BCUT2D eigenvalue weighted by Crippen LogP contribution is 2.20. The molecule has 0 saturated carbocycles. The first-order valence-electron chi connectivity index (χ1n) is 8.68. The molecule has 0 saturated heterocycles. The van der Waals surface area contributed by atoms with E-state index >= 15 is 0 Å². The first-order chi connectivity index (χ1) is 11.8. The minimum atomic E-state index is 0.290. The van der Waals surface area contributed by atoms with Gasteiger partial charge in [0, 0.05) is 17.5 Å². The molecule has 1 aromatic rings. The van der Waals surface area contributed by atoms with Crippen molar-refractivity contribution in [3.63, 3.8) is 0 Å². The topological polar surface area (TPSA) is 36.8 Å². The Morgan fingerprint density at radius 3 is 2.92 bits per heavy atom. The minimum Gasteiger partial charge on any atom is -0.312 e. The summed E-state index contributed by atoms with van der Waals surface area (Å²) in [5.74, 6) is 0. The number of allylic oxidation sites excluding steroid dienone is 4. The predicted octanol–water partition coefficient (Wildman–Crippen LogP) is 4.92. The highest BCUT2D eigenvalue weighted by molar-refractivity contribution is 6.31. The lowest BCUT2D eigenvalue weighted by atomic mass is 9.96. The first kappa shape index (κ1) is 17.1. The maximum atomic E-state index is 6.08. The zero-order valence-corrected chi connectivity index (χ0v) is 14.9. The second kappa shape index (κ2) is 8.41. The van der Waals surface area contributed by atoms with E-state index in [4.69, 9.17) is 11.6 Å². The van der Waals surface area contributed by atoms with Crippen molar-refractivity contribution in [3.8, 4) is 0 Å². The molecule has 3 rings (SSSR count). The van der Waals surface area contributed by atoms with Crippen molar-refractivity contribution < 1.29 is 0 Å². The second-order valence-electron chi connectivity index (χ2n) is 6.32. The summed E-state index contributed by atoms with van der Waals surface area (Å²) in [5.41, 5.74) is 4.67. The monoisotopic (exact) mass is 341 g/mol. The minimum absolute atomic E-state index is 0.290. The highest BCUT2D eigenvalue weighted by atomic mass is 35.5. The van der Waals surface area contributed by atoms with Gasteiger partial charge in [0.1, 0.15) is 0 Å². The summed E-state index contributed by atoms with van der Waals surface area (Å²) in [6.07, 6.45) is 13.5. The Kier molecular flexibility index (Phi) is 6.00. The summed E-state index contributed by atoms with van der Waals surface area (Å²) in [6.45, 7) is 0. The van der Waals surface area contributed by atoms with Crippen LogP contribution in [-0.2, 0) is 0 Å². The SMILES string of the molecule is CNC(CCCC1=CCCC=C1)C1=NN=C(c2cccc(Cl)c2)C1. The molecule has 126 valence electrons. The van der Waals surface area contributed by atoms with E-state index in [-0.39, 0.29) is 0 Å². The molecular formula is C20H24ClN3. The standard InChI is InChI=1S/C20H24ClN3/c1-22-18(12-5-9-15-7-3-2-4-8-15)20-14-19(23-24-20)16-10-6-11-17(21)13-16/h3,6-8,10-11,13,18,22H,2,4-5,9,12,14H2,1H3. The quantitative estimate of drug-likeness (QED) is 0.750. The van der Waals surface area contributed by atoms with Gasteiger partial charge in [-0.1, -0.05) is 47.5 Å². The van der Waals surface area contributed by atoms with Gasteiger partial charge in [0.25, 0.3) is 0 Å². The van der Waals surface area contributed by atoms with Crippen molar-refractivity contribution >= 4 is 23.0 Å². The summed E-state index contributed by atoms with van der Waals surface area (Å²) < 4.78 is 0. The molecule has 0 fully saturated rings. The Hall–Kier alpha value is -1.71. The van der Waals surface area contributed by atoms with Crippen LogP contribution in [0, 0.1) is 0 Å². The summed E-state index contributed by atoms with van der Waals surface area (Å²) in [4.78, 5) is 0. The van der Waals surface area contributed by atoms with Gasteiger partial charge in [0.2, 0.25) is 0 Å². The zero-order chi connectivity index (χ0) is 16.8. The number of halogens is 1. The van der Waals surface area contributed by atoms with Crippen molar-refractivity contribution in [1.82, 2.24) is 5.32 Å². The molecule has 0 spiro atoms. The summed E-state index contributed by atoms with van der Waals surface area (Å²) >= 11 is 6.08. The largest absolute Gasteiger partial charge is 0.312 e. The Bertz CT molecular complexity index is 701. The molecular weight excluding hydrogens is 318 g/mol. The lowest BCUT2D eigenvalue weighted by molar-refractivity contribution is 0.605. The second-order valence-corrected chi connectivity index (χ2v) is 6.75. The van der Waals surface area contributed by atoms with Crippen LogP contribution >= 0.6 is 11.6 Å². The molecule has 1 N–H and O–H groups in total. The Labute approximate surface area is 149 Å². The fourth-order valence-corrected chi connectivity index (χ4v) is 3.42. The Balaban J connectivity index is 1.52. The molecule has 1 aliphatic heterocycles. The lowest BCUT2D eigenvalue weighted by Crippen LogP contribution is -2.34. The van der Waals surface area contributed by atoms with Gasteiger partial charge < -0.3 is 5.32 Å². The maximum Gasteiger partial charge on any atom is 0.0760 e. The van der Waals surface area contributed by atoms with Crippen LogP contribution in [0.15, 0.2) is 58.3 Å². The van der Waals surface area contributed by atoms with Crippen molar-refractivity contribution in [2.24, 2.45) is 10.2 Å². The van der Waals surface area contributed by atoms with E-state index < -0.39 is 0 Å². The molecule has 1 atom stereocenters. The number of hydrogen-bond acceptors (Lipinski definition) is 3. The Morgan fingerprint density at radius 1 is 1.25 bits per heavy atom. The maximum absolute atomic E-state index is 6.08. The fourth-order valence-electron chi connectivity index (χ4n) is 3.23. The van der Waals surface area contributed by atoms with Crippen LogP contribution in [-0.4, -0.2) is 24.5 Å². The van der Waals surface area contributed by atoms with Crippen LogP contribution < -0.4 is 5.32 Å². The van der Waals surface area contributed by atoms with Gasteiger partial charge >= 0.3 is 0 Å². The number of benzene rings is 1. The molecule has 0 aromatic heterocycles. The molecule has 0 bridgehead atoms. The highest BCUT2D eigenvalue weighted by Gasteiger charge is 2.21. The van der Waals surface area contributed by atoms with Crippen molar-refractivity contribution in [2.45, 2.75) is 44.6 Å². The molecule has 4 heteroatoms. The van der Waals surface area contributed by atoms with Crippen LogP contribution in [0.5, 0.6) is 0 Å². The third-order valence-electron chi connectivity index (χ3n) is 4.59. The zero-order valence-electron chi connectivity index (χ0n) is 14.1. The van der Waals surface area contributed by atoms with Gasteiger partial charge in [0.15, 0.2) is 0 Å². The van der Waals surface area contributed by atoms with Crippen LogP contribution in [0.3, 0.4) is 0 Å². The van der Waals surface area contributed by atoms with Crippen LogP contribution in [0.1, 0.15) is 44.1 Å². The summed E-state index contributed by atoms with van der Waals surface area (Å²) in [5, 5.41) is 12.9. The third kappa shape index (κ3) is 4.43. The van der Waals surface area contributed by atoms with Gasteiger partial charge in [-0.15, -0.1) is 0 Å². The molecule has 1 unspecified atom stereocenters. The molecule has 0 radical (unpaired) electrons. The van der Waals surface area contributed by atoms with E-state index in [1.165, 1.54) is 18.4 Å². The third-order valence-corrected chi connectivity index (χ3v) is 4.82. The van der Waals surface area contributed by atoms with Crippen LogP contribution in [0.25, 0.3) is 0 Å². The van der Waals surface area contributed by atoms with E-state index in [1.54, 1.807) is 0 Å². The normalized spacial score (nSPS) is 18.2. The number of rotatable bonds is 7. The van der Waals surface area contributed by atoms with E-state index in [0.717, 1.165) is 47.7 Å². The summed E-state index contributed by atoms with van der Waals surface area (Å²) in [7, 11) is 2.00. The number of nitrogens with one attached hydrogen (secondary N) is 1. The van der Waals surface area contributed by atoms with E-state index in [2.05, 4.69) is 33.7 Å². The molecule has 3 nitrogen and oxygen atoms in total. The van der Waals surface area contributed by atoms with Crippen LogP contribution in [0.2, 0.25) is 5.02 Å². The van der Waals surface area contributed by atoms with Gasteiger partial charge in [-0.25, -0.2) is 0 Å². The average Bonchev–Trinajstić information content (AvgIpc) is 3.09. The fraction of sp³-hybridized carbons (Fsp3) is 0.400. The van der Waals surface area contributed by atoms with Crippen LogP contribution in [0.4, 0.5) is 0 Å². The lowest BCUT2D eigenvalue weighted by Gasteiger charge is -2.16. The number of hydrogen-bond donors (Lipinski definition) is 1. The van der Waals surface area contributed by atoms with Gasteiger partial charge in [-0.05, 0) is 56.8 Å². The molecule has 1 aliphatic carbocycles. The molecule has 24 heavy (non-hydrogen) atoms. The Morgan fingerprint density at radius 2 is 2.17 bits per heavy atom. The molecule has 0 amide bonds.